The summed E-state index contributed by atoms with van der Waals surface area (Å²) in [5, 5.41) is 0. The maximum atomic E-state index is 13.0. The Labute approximate surface area is 194 Å². The molecule has 3 amide bonds. The zero-order chi connectivity index (χ0) is 23.4. The van der Waals surface area contributed by atoms with Gasteiger partial charge in [-0.25, -0.2) is 0 Å². The molecule has 8 nitrogen and oxygen atoms in total. The number of rotatable bonds is 6. The van der Waals surface area contributed by atoms with E-state index in [1.807, 2.05) is 23.1 Å². The molecule has 0 saturated carbocycles. The Morgan fingerprint density at radius 2 is 1.70 bits per heavy atom. The van der Waals surface area contributed by atoms with Crippen LogP contribution in [0.2, 0.25) is 0 Å². The first-order valence-corrected chi connectivity index (χ1v) is 11.3. The minimum absolute atomic E-state index is 0.0705. The van der Waals surface area contributed by atoms with E-state index in [1.54, 1.807) is 43.3 Å². The Morgan fingerprint density at radius 3 is 2.45 bits per heavy atom. The Morgan fingerprint density at radius 1 is 0.939 bits per heavy atom. The third-order valence-corrected chi connectivity index (χ3v) is 6.15. The van der Waals surface area contributed by atoms with E-state index in [0.717, 1.165) is 18.7 Å². The number of nitrogens with zero attached hydrogens (tertiary/aromatic N) is 4. The summed E-state index contributed by atoms with van der Waals surface area (Å²) >= 11 is 0. The van der Waals surface area contributed by atoms with Crippen molar-refractivity contribution in [2.75, 3.05) is 64.9 Å². The number of para-hydroxylation sites is 1. The van der Waals surface area contributed by atoms with Crippen LogP contribution in [0, 0.1) is 0 Å². The predicted octanol–water partition coefficient (Wildman–Crippen LogP) is 1.50. The minimum atomic E-state index is -0.144. The van der Waals surface area contributed by atoms with E-state index in [1.165, 1.54) is 10.5 Å². The summed E-state index contributed by atoms with van der Waals surface area (Å²) in [5.41, 5.74) is 2.77. The SMILES string of the molecule is CN(C)C(=O)COc1cccc(C(=O)N2CCN(CC(=O)N3CCc4ccccc43)CC2)c1. The van der Waals surface area contributed by atoms with Crippen LogP contribution < -0.4 is 9.64 Å². The topological polar surface area (TPSA) is 73.4 Å². The number of carbonyl (C=O) groups is 3. The molecule has 2 aliphatic rings. The second-order valence-electron chi connectivity index (χ2n) is 8.60. The number of benzene rings is 2. The highest BCUT2D eigenvalue weighted by Crippen LogP contribution is 2.27. The molecular weight excluding hydrogens is 420 g/mol. The molecule has 4 rings (SSSR count). The van der Waals surface area contributed by atoms with Gasteiger partial charge in [-0.3, -0.25) is 19.3 Å². The van der Waals surface area contributed by atoms with E-state index in [9.17, 15) is 14.4 Å². The molecule has 2 aliphatic heterocycles. The van der Waals surface area contributed by atoms with Gasteiger partial charge < -0.3 is 19.4 Å². The minimum Gasteiger partial charge on any atom is -0.484 e. The highest BCUT2D eigenvalue weighted by Gasteiger charge is 2.28. The first kappa shape index (κ1) is 22.8. The first-order valence-electron chi connectivity index (χ1n) is 11.3. The van der Waals surface area contributed by atoms with Crippen LogP contribution in [0.3, 0.4) is 0 Å². The van der Waals surface area contributed by atoms with Crippen molar-refractivity contribution in [3.63, 3.8) is 0 Å². The number of hydrogen-bond acceptors (Lipinski definition) is 5. The van der Waals surface area contributed by atoms with Gasteiger partial charge in [-0.05, 0) is 36.2 Å². The number of amides is 3. The number of ether oxygens (including phenoxy) is 1. The highest BCUT2D eigenvalue weighted by atomic mass is 16.5. The van der Waals surface area contributed by atoms with E-state index < -0.39 is 0 Å². The Bertz CT molecular complexity index is 1030. The van der Waals surface area contributed by atoms with E-state index in [4.69, 9.17) is 4.74 Å². The van der Waals surface area contributed by atoms with Crippen molar-refractivity contribution < 1.29 is 19.1 Å². The number of anilines is 1. The van der Waals surface area contributed by atoms with Crippen molar-refractivity contribution in [1.82, 2.24) is 14.7 Å². The summed E-state index contributed by atoms with van der Waals surface area (Å²) in [6, 6.07) is 15.0. The molecule has 0 radical (unpaired) electrons. The largest absolute Gasteiger partial charge is 0.484 e. The van der Waals surface area contributed by atoms with E-state index in [0.29, 0.717) is 44.0 Å². The van der Waals surface area contributed by atoms with E-state index >= 15 is 0 Å². The Balaban J connectivity index is 1.28. The van der Waals surface area contributed by atoms with Gasteiger partial charge in [-0.2, -0.15) is 0 Å². The highest BCUT2D eigenvalue weighted by molar-refractivity contribution is 5.97. The number of piperazine rings is 1. The molecule has 0 bridgehead atoms. The smallest absolute Gasteiger partial charge is 0.259 e. The molecule has 33 heavy (non-hydrogen) atoms. The molecule has 0 unspecified atom stereocenters. The molecule has 0 N–H and O–H groups in total. The van der Waals surface area contributed by atoms with Gasteiger partial charge in [-0.1, -0.05) is 24.3 Å². The maximum absolute atomic E-state index is 13.0. The molecule has 0 aliphatic carbocycles. The lowest BCUT2D eigenvalue weighted by molar-refractivity contribution is -0.130. The molecule has 8 heteroatoms. The summed E-state index contributed by atoms with van der Waals surface area (Å²) in [4.78, 5) is 44.8. The van der Waals surface area contributed by atoms with Crippen LogP contribution in [-0.4, -0.2) is 92.4 Å². The van der Waals surface area contributed by atoms with E-state index in [2.05, 4.69) is 11.0 Å². The van der Waals surface area contributed by atoms with Gasteiger partial charge >= 0.3 is 0 Å². The lowest BCUT2D eigenvalue weighted by Crippen LogP contribution is -2.51. The summed E-state index contributed by atoms with van der Waals surface area (Å²) in [6.45, 7) is 3.45. The first-order chi connectivity index (χ1) is 15.9. The molecule has 0 atom stereocenters. The van der Waals surface area contributed by atoms with Crippen LogP contribution in [0.15, 0.2) is 48.5 Å². The van der Waals surface area contributed by atoms with Crippen molar-refractivity contribution in [1.29, 1.82) is 0 Å². The van der Waals surface area contributed by atoms with Gasteiger partial charge in [0.05, 0.1) is 6.54 Å². The number of fused-ring (bicyclic) bond motifs is 1. The fraction of sp³-hybridized carbons (Fsp3) is 0.400. The molecule has 2 heterocycles. The third-order valence-electron chi connectivity index (χ3n) is 6.15. The maximum Gasteiger partial charge on any atom is 0.259 e. The lowest BCUT2D eigenvalue weighted by atomic mass is 10.1. The van der Waals surface area contributed by atoms with E-state index in [-0.39, 0.29) is 24.3 Å². The van der Waals surface area contributed by atoms with Gasteiger partial charge in [-0.15, -0.1) is 0 Å². The normalized spacial score (nSPS) is 15.8. The van der Waals surface area contributed by atoms with Crippen molar-refractivity contribution in [3.8, 4) is 5.75 Å². The monoisotopic (exact) mass is 450 g/mol. The predicted molar refractivity (Wildman–Crippen MR) is 125 cm³/mol. The second-order valence-corrected chi connectivity index (χ2v) is 8.60. The summed E-state index contributed by atoms with van der Waals surface area (Å²) < 4.78 is 5.53. The number of hydrogen-bond donors (Lipinski definition) is 0. The second kappa shape index (κ2) is 10.0. The summed E-state index contributed by atoms with van der Waals surface area (Å²) in [5.74, 6) is 0.386. The third kappa shape index (κ3) is 5.34. The molecule has 174 valence electrons. The zero-order valence-corrected chi connectivity index (χ0v) is 19.2. The van der Waals surface area contributed by atoms with Gasteiger partial charge in [0.15, 0.2) is 6.61 Å². The summed E-state index contributed by atoms with van der Waals surface area (Å²) in [7, 11) is 3.34. The molecule has 1 saturated heterocycles. The van der Waals surface area contributed by atoms with Crippen LogP contribution >= 0.6 is 0 Å². The van der Waals surface area contributed by atoms with Gasteiger partial charge in [0, 0.05) is 58.1 Å². The molecular formula is C25H30N4O4. The van der Waals surface area contributed by atoms with Crippen molar-refractivity contribution in [2.45, 2.75) is 6.42 Å². The Hall–Kier alpha value is -3.39. The standard InChI is InChI=1S/C25H30N4O4/c1-26(2)24(31)18-33-21-8-5-7-20(16-21)25(32)28-14-12-27(13-15-28)17-23(30)29-11-10-19-6-3-4-9-22(19)29/h3-9,16H,10-15,17-18H2,1-2H3. The van der Waals surface area contributed by atoms with Crippen molar-refractivity contribution >= 4 is 23.4 Å². The number of carbonyl (C=O) groups excluding carboxylic acids is 3. The fourth-order valence-corrected chi connectivity index (χ4v) is 4.16. The van der Waals surface area contributed by atoms with Gasteiger partial charge in [0.1, 0.15) is 5.75 Å². The van der Waals surface area contributed by atoms with Crippen LogP contribution in [0.5, 0.6) is 5.75 Å². The summed E-state index contributed by atoms with van der Waals surface area (Å²) in [6.07, 6.45) is 0.899. The zero-order valence-electron chi connectivity index (χ0n) is 19.2. The van der Waals surface area contributed by atoms with Crippen molar-refractivity contribution in [3.05, 3.63) is 59.7 Å². The fourth-order valence-electron chi connectivity index (χ4n) is 4.16. The molecule has 2 aromatic rings. The molecule has 0 aromatic heterocycles. The Kier molecular flexibility index (Phi) is 6.93. The van der Waals surface area contributed by atoms with Gasteiger partial charge in [0.25, 0.3) is 11.8 Å². The average molecular weight is 451 g/mol. The van der Waals surface area contributed by atoms with Crippen molar-refractivity contribution in [2.24, 2.45) is 0 Å². The molecule has 2 aromatic carbocycles. The van der Waals surface area contributed by atoms with Gasteiger partial charge in [0.2, 0.25) is 5.91 Å². The quantitative estimate of drug-likeness (QED) is 0.667. The number of likely N-dealkylation sites (N-methyl/N-ethyl adjacent to an activating group) is 1. The van der Waals surface area contributed by atoms with Crippen LogP contribution in [0.1, 0.15) is 15.9 Å². The molecule has 1 fully saturated rings. The molecule has 0 spiro atoms. The van der Waals surface area contributed by atoms with Crippen LogP contribution in [0.25, 0.3) is 0 Å². The average Bonchev–Trinajstić information content (AvgIpc) is 3.27. The van der Waals surface area contributed by atoms with Crippen LogP contribution in [0.4, 0.5) is 5.69 Å². The van der Waals surface area contributed by atoms with Crippen LogP contribution in [-0.2, 0) is 16.0 Å². The lowest BCUT2D eigenvalue weighted by Gasteiger charge is -2.35.